The third-order valence-corrected chi connectivity index (χ3v) is 7.43. The van der Waals surface area contributed by atoms with E-state index >= 15 is 0 Å². The molecule has 3 aliphatic rings. The second kappa shape index (κ2) is 11.6. The summed E-state index contributed by atoms with van der Waals surface area (Å²) < 4.78 is 11.1. The van der Waals surface area contributed by atoms with E-state index in [0.717, 1.165) is 99.7 Å². The van der Waals surface area contributed by atoms with Gasteiger partial charge in [-0.25, -0.2) is 15.0 Å². The zero-order valence-electron chi connectivity index (χ0n) is 20.2. The number of nitrogens with zero attached hydrogens (tertiary/aromatic N) is 4. The molecule has 0 amide bonds. The molecular weight excluding hydrogens is 464 g/mol. The molecule has 9 heteroatoms. The van der Waals surface area contributed by atoms with Gasteiger partial charge in [-0.1, -0.05) is 11.6 Å². The van der Waals surface area contributed by atoms with Crippen LogP contribution in [0, 0.1) is 5.92 Å². The van der Waals surface area contributed by atoms with Crippen LogP contribution in [-0.2, 0) is 9.47 Å². The van der Waals surface area contributed by atoms with Gasteiger partial charge in [0.15, 0.2) is 11.6 Å². The van der Waals surface area contributed by atoms with E-state index in [9.17, 15) is 0 Å². The number of aliphatic imine (C=N–C) groups is 1. The average Bonchev–Trinajstić information content (AvgIpc) is 2.91. The van der Waals surface area contributed by atoms with Crippen molar-refractivity contribution >= 4 is 34.6 Å². The molecule has 5 rings (SSSR count). The molecule has 2 aromatic rings. The zero-order valence-corrected chi connectivity index (χ0v) is 21.0. The van der Waals surface area contributed by atoms with E-state index in [2.05, 4.69) is 21.3 Å². The maximum atomic E-state index is 6.62. The summed E-state index contributed by atoms with van der Waals surface area (Å²) in [6.07, 6.45) is 9.57. The van der Waals surface area contributed by atoms with Crippen LogP contribution in [0.5, 0.6) is 0 Å². The van der Waals surface area contributed by atoms with Crippen LogP contribution < -0.4 is 16.0 Å². The van der Waals surface area contributed by atoms with Crippen molar-refractivity contribution in [2.75, 3.05) is 56.3 Å². The predicted octanol–water partition coefficient (Wildman–Crippen LogP) is 4.45. The molecule has 8 nitrogen and oxygen atoms in total. The fourth-order valence-corrected chi connectivity index (χ4v) is 5.14. The molecule has 35 heavy (non-hydrogen) atoms. The number of morpholine rings is 1. The van der Waals surface area contributed by atoms with E-state index in [1.54, 1.807) is 6.20 Å². The number of halogens is 1. The molecule has 0 atom stereocenters. The number of ether oxygens (including phenoxy) is 2. The lowest BCUT2D eigenvalue weighted by Gasteiger charge is -2.30. The highest BCUT2D eigenvalue weighted by Gasteiger charge is 2.20. The van der Waals surface area contributed by atoms with Crippen molar-refractivity contribution in [3.8, 4) is 11.1 Å². The Bertz CT molecular complexity index is 1030. The molecule has 2 aliphatic heterocycles. The standard InChI is InChI=1S/C26H35ClN6O2/c27-23-17-30-25(32-21-3-1-20(28)2-4-21)14-22(23)19-13-24(29-15-18-5-9-34-10-6-18)26(31-16-19)33-7-11-35-12-8-33/h13-14,16-18,20,29H,1-12,15,28H2. The Balaban J connectivity index is 1.42. The van der Waals surface area contributed by atoms with E-state index in [-0.39, 0.29) is 6.04 Å². The van der Waals surface area contributed by atoms with Crippen molar-refractivity contribution in [3.63, 3.8) is 0 Å². The molecular formula is C26H35ClN6O2. The van der Waals surface area contributed by atoms with E-state index in [1.165, 1.54) is 0 Å². The SMILES string of the molecule is NC1CCC(=Nc2cc(-c3cnc(N4CCOCC4)c(NCC4CCOCC4)c3)c(Cl)cn2)CC1. The van der Waals surface area contributed by atoms with Gasteiger partial charge < -0.3 is 25.4 Å². The van der Waals surface area contributed by atoms with Gasteiger partial charge in [0.1, 0.15) is 0 Å². The lowest BCUT2D eigenvalue weighted by molar-refractivity contribution is 0.0699. The van der Waals surface area contributed by atoms with Crippen molar-refractivity contribution in [3.05, 3.63) is 29.5 Å². The summed E-state index contributed by atoms with van der Waals surface area (Å²) in [7, 11) is 0. The van der Waals surface area contributed by atoms with Crippen LogP contribution in [0.4, 0.5) is 17.3 Å². The van der Waals surface area contributed by atoms with Crippen LogP contribution in [0.25, 0.3) is 11.1 Å². The number of hydrogen-bond donors (Lipinski definition) is 2. The van der Waals surface area contributed by atoms with Gasteiger partial charge >= 0.3 is 0 Å². The van der Waals surface area contributed by atoms with Gasteiger partial charge in [0.25, 0.3) is 0 Å². The smallest absolute Gasteiger partial charge is 0.152 e. The monoisotopic (exact) mass is 498 g/mol. The van der Waals surface area contributed by atoms with Crippen LogP contribution in [-0.4, -0.2) is 67.8 Å². The summed E-state index contributed by atoms with van der Waals surface area (Å²) in [6, 6.07) is 4.41. The number of pyridine rings is 2. The second-order valence-corrected chi connectivity index (χ2v) is 10.1. The van der Waals surface area contributed by atoms with Crippen molar-refractivity contribution in [1.82, 2.24) is 9.97 Å². The first-order valence-corrected chi connectivity index (χ1v) is 13.2. The van der Waals surface area contributed by atoms with E-state index in [0.29, 0.717) is 30.0 Å². The van der Waals surface area contributed by atoms with Crippen molar-refractivity contribution < 1.29 is 9.47 Å². The topological polar surface area (TPSA) is 97.9 Å². The number of anilines is 2. The third kappa shape index (κ3) is 6.30. The Labute approximate surface area is 212 Å². The summed E-state index contributed by atoms with van der Waals surface area (Å²) in [5.41, 5.74) is 10.1. The Hall–Kier alpha value is -2.26. The molecule has 4 heterocycles. The summed E-state index contributed by atoms with van der Waals surface area (Å²) in [5.74, 6) is 2.25. The van der Waals surface area contributed by atoms with Gasteiger partial charge in [0, 0.05) is 68.1 Å². The minimum atomic E-state index is 0.283. The maximum Gasteiger partial charge on any atom is 0.152 e. The minimum Gasteiger partial charge on any atom is -0.382 e. The third-order valence-electron chi connectivity index (χ3n) is 7.13. The van der Waals surface area contributed by atoms with Crippen molar-refractivity contribution in [1.29, 1.82) is 0 Å². The number of nitrogens with one attached hydrogen (secondary N) is 1. The largest absolute Gasteiger partial charge is 0.382 e. The Morgan fingerprint density at radius 3 is 2.51 bits per heavy atom. The molecule has 0 aromatic carbocycles. The number of hydrogen-bond acceptors (Lipinski definition) is 8. The molecule has 188 valence electrons. The minimum absolute atomic E-state index is 0.283. The molecule has 0 bridgehead atoms. The highest BCUT2D eigenvalue weighted by Crippen LogP contribution is 2.35. The number of aromatic nitrogens is 2. The van der Waals surface area contributed by atoms with Crippen LogP contribution >= 0.6 is 11.6 Å². The summed E-state index contributed by atoms with van der Waals surface area (Å²) >= 11 is 6.62. The molecule has 1 saturated carbocycles. The zero-order chi connectivity index (χ0) is 24.0. The normalized spacial score (nSPS) is 21.7. The van der Waals surface area contributed by atoms with Gasteiger partial charge in [0.2, 0.25) is 0 Å². The number of nitrogens with two attached hydrogens (primary N) is 1. The molecule has 2 aromatic heterocycles. The van der Waals surface area contributed by atoms with E-state index in [4.69, 9.17) is 36.8 Å². The molecule has 0 unspecified atom stereocenters. The van der Waals surface area contributed by atoms with Gasteiger partial charge in [-0.3, -0.25) is 0 Å². The second-order valence-electron chi connectivity index (χ2n) is 9.67. The van der Waals surface area contributed by atoms with Gasteiger partial charge in [-0.05, 0) is 56.6 Å². The maximum absolute atomic E-state index is 6.62. The Morgan fingerprint density at radius 1 is 1.00 bits per heavy atom. The van der Waals surface area contributed by atoms with Crippen molar-refractivity contribution in [2.45, 2.75) is 44.6 Å². The lowest BCUT2D eigenvalue weighted by Crippen LogP contribution is -2.37. The number of rotatable bonds is 6. The first-order valence-electron chi connectivity index (χ1n) is 12.8. The molecule has 0 spiro atoms. The first kappa shape index (κ1) is 24.4. The van der Waals surface area contributed by atoms with Gasteiger partial charge in [-0.2, -0.15) is 0 Å². The molecule has 1 aliphatic carbocycles. The summed E-state index contributed by atoms with van der Waals surface area (Å²) in [6.45, 7) is 5.67. The van der Waals surface area contributed by atoms with E-state index in [1.807, 2.05) is 12.3 Å². The van der Waals surface area contributed by atoms with Crippen LogP contribution in [0.2, 0.25) is 5.02 Å². The van der Waals surface area contributed by atoms with E-state index < -0.39 is 0 Å². The Morgan fingerprint density at radius 2 is 1.74 bits per heavy atom. The first-order chi connectivity index (χ1) is 17.2. The fourth-order valence-electron chi connectivity index (χ4n) is 4.92. The fraction of sp³-hybridized carbons (Fsp3) is 0.577. The summed E-state index contributed by atoms with van der Waals surface area (Å²) in [5, 5.41) is 4.29. The van der Waals surface area contributed by atoms with Crippen LogP contribution in [0.3, 0.4) is 0 Å². The quantitative estimate of drug-likeness (QED) is 0.607. The van der Waals surface area contributed by atoms with Crippen LogP contribution in [0.15, 0.2) is 29.5 Å². The molecule has 3 N–H and O–H groups in total. The van der Waals surface area contributed by atoms with Crippen molar-refractivity contribution in [2.24, 2.45) is 16.6 Å². The van der Waals surface area contributed by atoms with Gasteiger partial charge in [-0.15, -0.1) is 0 Å². The highest BCUT2D eigenvalue weighted by atomic mass is 35.5. The molecule has 0 radical (unpaired) electrons. The van der Waals surface area contributed by atoms with Gasteiger partial charge in [0.05, 0.1) is 23.9 Å². The average molecular weight is 499 g/mol. The highest BCUT2D eigenvalue weighted by molar-refractivity contribution is 6.33. The molecule has 3 fully saturated rings. The molecule has 2 saturated heterocycles. The Kier molecular flexibility index (Phi) is 8.13. The lowest BCUT2D eigenvalue weighted by atomic mass is 9.94. The summed E-state index contributed by atoms with van der Waals surface area (Å²) in [4.78, 5) is 16.5. The van der Waals surface area contributed by atoms with Crippen LogP contribution in [0.1, 0.15) is 38.5 Å². The predicted molar refractivity (Wildman–Crippen MR) is 141 cm³/mol.